The molecule has 0 aliphatic rings. The first kappa shape index (κ1) is 18.6. The van der Waals surface area contributed by atoms with E-state index in [1.807, 2.05) is 30.3 Å². The standard InChI is InChI=1S/C19H14N6O3S/c26-17(20-14-7-4-8-15(11-14)25(27)28)12-29-18-10-9-16-21-22-19(24(16)23-18)13-5-2-1-3-6-13/h1-11H,12H2,(H,20,26). The van der Waals surface area contributed by atoms with Gasteiger partial charge >= 0.3 is 0 Å². The van der Waals surface area contributed by atoms with Crippen molar-refractivity contribution in [2.45, 2.75) is 5.03 Å². The zero-order valence-corrected chi connectivity index (χ0v) is 15.7. The van der Waals surface area contributed by atoms with Gasteiger partial charge in [0.25, 0.3) is 5.69 Å². The van der Waals surface area contributed by atoms with Crippen LogP contribution < -0.4 is 5.32 Å². The Morgan fingerprint density at radius 3 is 2.69 bits per heavy atom. The molecule has 29 heavy (non-hydrogen) atoms. The monoisotopic (exact) mass is 406 g/mol. The van der Waals surface area contributed by atoms with E-state index in [-0.39, 0.29) is 17.3 Å². The van der Waals surface area contributed by atoms with Gasteiger partial charge in [-0.2, -0.15) is 9.61 Å². The summed E-state index contributed by atoms with van der Waals surface area (Å²) in [6.45, 7) is 0. The molecule has 0 saturated carbocycles. The molecule has 0 aliphatic heterocycles. The van der Waals surface area contributed by atoms with E-state index in [4.69, 9.17) is 0 Å². The highest BCUT2D eigenvalue weighted by Gasteiger charge is 2.12. The summed E-state index contributed by atoms with van der Waals surface area (Å²) in [5.74, 6) is 0.429. The average molecular weight is 406 g/mol. The summed E-state index contributed by atoms with van der Waals surface area (Å²) in [5.41, 5.74) is 1.79. The summed E-state index contributed by atoms with van der Waals surface area (Å²) in [5, 5.41) is 26.9. The van der Waals surface area contributed by atoms with Gasteiger partial charge < -0.3 is 5.32 Å². The maximum Gasteiger partial charge on any atom is 0.271 e. The van der Waals surface area contributed by atoms with Crippen molar-refractivity contribution in [3.8, 4) is 11.4 Å². The second-order valence-electron chi connectivity index (χ2n) is 5.98. The molecule has 0 aliphatic carbocycles. The molecule has 2 heterocycles. The molecule has 2 aromatic carbocycles. The van der Waals surface area contributed by atoms with Crippen molar-refractivity contribution in [1.29, 1.82) is 0 Å². The van der Waals surface area contributed by atoms with Gasteiger partial charge in [-0.1, -0.05) is 48.2 Å². The van der Waals surface area contributed by atoms with Crippen LogP contribution in [0.1, 0.15) is 0 Å². The summed E-state index contributed by atoms with van der Waals surface area (Å²) in [4.78, 5) is 22.5. The molecule has 0 saturated heterocycles. The average Bonchev–Trinajstić information content (AvgIpc) is 3.16. The number of nitrogens with one attached hydrogen (secondary N) is 1. The second kappa shape index (κ2) is 8.07. The van der Waals surface area contributed by atoms with E-state index in [0.29, 0.717) is 22.2 Å². The number of nitro groups is 1. The third-order valence-corrected chi connectivity index (χ3v) is 4.88. The molecule has 0 radical (unpaired) electrons. The molecule has 0 unspecified atom stereocenters. The predicted molar refractivity (Wildman–Crippen MR) is 109 cm³/mol. The van der Waals surface area contributed by atoms with Crippen molar-refractivity contribution in [2.75, 3.05) is 11.1 Å². The van der Waals surface area contributed by atoms with Crippen LogP contribution in [0.5, 0.6) is 0 Å². The van der Waals surface area contributed by atoms with E-state index in [1.165, 1.54) is 30.0 Å². The topological polar surface area (TPSA) is 115 Å². The summed E-state index contributed by atoms with van der Waals surface area (Å²) in [7, 11) is 0. The number of benzene rings is 2. The van der Waals surface area contributed by atoms with Gasteiger partial charge in [0.2, 0.25) is 5.91 Å². The smallest absolute Gasteiger partial charge is 0.271 e. The first-order valence-corrected chi connectivity index (χ1v) is 9.54. The Morgan fingerprint density at radius 2 is 1.90 bits per heavy atom. The fourth-order valence-corrected chi connectivity index (χ4v) is 3.30. The number of carbonyl (C=O) groups is 1. The van der Waals surface area contributed by atoms with Crippen LogP contribution in [0, 0.1) is 10.1 Å². The van der Waals surface area contributed by atoms with Crippen LogP contribution in [0.2, 0.25) is 0 Å². The summed E-state index contributed by atoms with van der Waals surface area (Å²) in [6.07, 6.45) is 0. The Labute approximate surface area is 168 Å². The van der Waals surface area contributed by atoms with Gasteiger partial charge in [-0.25, -0.2) is 0 Å². The Morgan fingerprint density at radius 1 is 1.07 bits per heavy atom. The van der Waals surface area contributed by atoms with Gasteiger partial charge in [0, 0.05) is 23.4 Å². The Balaban J connectivity index is 1.46. The van der Waals surface area contributed by atoms with Crippen LogP contribution in [0.3, 0.4) is 0 Å². The molecule has 4 aromatic rings. The largest absolute Gasteiger partial charge is 0.325 e. The van der Waals surface area contributed by atoms with Crippen LogP contribution in [-0.4, -0.2) is 36.4 Å². The third-order valence-electron chi connectivity index (χ3n) is 3.96. The molecule has 0 fully saturated rings. The Kier molecular flexibility index (Phi) is 5.16. The normalized spacial score (nSPS) is 10.8. The summed E-state index contributed by atoms with van der Waals surface area (Å²) >= 11 is 1.25. The molecule has 1 amide bonds. The fraction of sp³-hybridized carbons (Fsp3) is 0.0526. The molecule has 0 atom stereocenters. The number of hydrogen-bond acceptors (Lipinski definition) is 7. The Bertz CT molecular complexity index is 1200. The molecular weight excluding hydrogens is 392 g/mol. The predicted octanol–water partition coefficient (Wildman–Crippen LogP) is 3.43. The minimum Gasteiger partial charge on any atom is -0.325 e. The van der Waals surface area contributed by atoms with E-state index in [2.05, 4.69) is 20.6 Å². The number of anilines is 1. The van der Waals surface area contributed by atoms with E-state index >= 15 is 0 Å². The van der Waals surface area contributed by atoms with E-state index < -0.39 is 4.92 Å². The maximum absolute atomic E-state index is 12.2. The highest BCUT2D eigenvalue weighted by Crippen LogP contribution is 2.21. The number of nitro benzene ring substituents is 1. The number of fused-ring (bicyclic) bond motifs is 1. The van der Waals surface area contributed by atoms with Crippen molar-refractivity contribution in [3.63, 3.8) is 0 Å². The molecule has 10 heteroatoms. The molecule has 2 aromatic heterocycles. The molecule has 0 bridgehead atoms. The minimum absolute atomic E-state index is 0.0800. The lowest BCUT2D eigenvalue weighted by Gasteiger charge is -2.05. The van der Waals surface area contributed by atoms with E-state index in [0.717, 1.165) is 5.56 Å². The number of hydrogen-bond donors (Lipinski definition) is 1. The van der Waals surface area contributed by atoms with Crippen molar-refractivity contribution in [3.05, 3.63) is 76.8 Å². The highest BCUT2D eigenvalue weighted by atomic mass is 32.2. The van der Waals surface area contributed by atoms with Crippen LogP contribution in [0.4, 0.5) is 11.4 Å². The van der Waals surface area contributed by atoms with Gasteiger partial charge in [-0.15, -0.1) is 10.2 Å². The number of rotatable bonds is 6. The van der Waals surface area contributed by atoms with Crippen molar-refractivity contribution >= 4 is 34.7 Å². The zero-order valence-electron chi connectivity index (χ0n) is 14.9. The second-order valence-corrected chi connectivity index (χ2v) is 6.97. The van der Waals surface area contributed by atoms with Gasteiger partial charge in [0.15, 0.2) is 11.5 Å². The number of amides is 1. The van der Waals surface area contributed by atoms with Crippen LogP contribution in [-0.2, 0) is 4.79 Å². The molecular formula is C19H14N6O3S. The van der Waals surface area contributed by atoms with Crippen molar-refractivity contribution < 1.29 is 9.72 Å². The quantitative estimate of drug-likeness (QED) is 0.296. The van der Waals surface area contributed by atoms with Crippen LogP contribution in [0.15, 0.2) is 71.8 Å². The maximum atomic E-state index is 12.2. The summed E-state index contributed by atoms with van der Waals surface area (Å²) < 4.78 is 1.64. The number of thioether (sulfide) groups is 1. The van der Waals surface area contributed by atoms with Gasteiger partial charge in [0.1, 0.15) is 5.03 Å². The molecule has 4 rings (SSSR count). The van der Waals surface area contributed by atoms with Crippen molar-refractivity contribution in [2.24, 2.45) is 0 Å². The SMILES string of the molecule is O=C(CSc1ccc2nnc(-c3ccccc3)n2n1)Nc1cccc([N+](=O)[O-])c1. The molecule has 144 valence electrons. The van der Waals surface area contributed by atoms with Crippen LogP contribution >= 0.6 is 11.8 Å². The highest BCUT2D eigenvalue weighted by molar-refractivity contribution is 7.99. The number of aromatic nitrogens is 4. The van der Waals surface area contributed by atoms with Gasteiger partial charge in [-0.3, -0.25) is 14.9 Å². The van der Waals surface area contributed by atoms with E-state index in [1.54, 1.807) is 22.7 Å². The number of nitrogens with zero attached hydrogens (tertiary/aromatic N) is 5. The lowest BCUT2D eigenvalue weighted by Crippen LogP contribution is -2.14. The number of carbonyl (C=O) groups excluding carboxylic acids is 1. The number of non-ortho nitro benzene ring substituents is 1. The minimum atomic E-state index is -0.507. The lowest BCUT2D eigenvalue weighted by molar-refractivity contribution is -0.384. The zero-order chi connectivity index (χ0) is 20.2. The lowest BCUT2D eigenvalue weighted by atomic mass is 10.2. The molecule has 0 spiro atoms. The van der Waals surface area contributed by atoms with Gasteiger partial charge in [0.05, 0.1) is 10.7 Å². The summed E-state index contributed by atoms with van der Waals surface area (Å²) in [6, 6.07) is 18.9. The first-order chi connectivity index (χ1) is 14.1. The molecule has 1 N–H and O–H groups in total. The van der Waals surface area contributed by atoms with Crippen LogP contribution in [0.25, 0.3) is 17.0 Å². The Hall–Kier alpha value is -3.79. The van der Waals surface area contributed by atoms with Gasteiger partial charge in [-0.05, 0) is 18.2 Å². The van der Waals surface area contributed by atoms with E-state index in [9.17, 15) is 14.9 Å². The fourth-order valence-electron chi connectivity index (χ4n) is 2.65. The van der Waals surface area contributed by atoms with Crippen molar-refractivity contribution in [1.82, 2.24) is 19.8 Å². The molecule has 9 nitrogen and oxygen atoms in total. The first-order valence-electron chi connectivity index (χ1n) is 8.55. The third kappa shape index (κ3) is 4.22.